The average Bonchev–Trinajstić information content (AvgIpc) is 2.21. The zero-order valence-electron chi connectivity index (χ0n) is 8.86. The predicted octanol–water partition coefficient (Wildman–Crippen LogP) is -0.426. The zero-order valence-corrected chi connectivity index (χ0v) is 8.86. The molecule has 0 aliphatic heterocycles. The van der Waals surface area contributed by atoms with Gasteiger partial charge in [-0.25, -0.2) is 9.59 Å². The summed E-state index contributed by atoms with van der Waals surface area (Å²) >= 11 is 0. The van der Waals surface area contributed by atoms with Gasteiger partial charge in [0.25, 0.3) is 0 Å². The van der Waals surface area contributed by atoms with Crippen molar-refractivity contribution in [3.63, 3.8) is 0 Å². The molecule has 0 bridgehead atoms. The maximum absolute atomic E-state index is 11.0. The van der Waals surface area contributed by atoms with E-state index in [2.05, 4.69) is 9.47 Å². The number of esters is 2. The maximum Gasteiger partial charge on any atom is 0.379 e. The van der Waals surface area contributed by atoms with Crippen LogP contribution in [0, 0.1) is 0 Å². The third-order valence-corrected chi connectivity index (χ3v) is 1.44. The number of hydrogen-bond donors (Lipinski definition) is 2. The van der Waals surface area contributed by atoms with Crippen LogP contribution in [0.2, 0.25) is 0 Å². The van der Waals surface area contributed by atoms with Crippen LogP contribution < -0.4 is 0 Å². The van der Waals surface area contributed by atoms with Gasteiger partial charge < -0.3 is 19.7 Å². The quantitative estimate of drug-likeness (QED) is 0.358. The fourth-order valence-electron chi connectivity index (χ4n) is 0.674. The average molecular weight is 220 g/mol. The van der Waals surface area contributed by atoms with Crippen LogP contribution in [0.4, 0.5) is 0 Å². The van der Waals surface area contributed by atoms with Gasteiger partial charge in [0.05, 0.1) is 13.2 Å². The van der Waals surface area contributed by atoms with Crippen molar-refractivity contribution in [2.24, 2.45) is 0 Å². The van der Waals surface area contributed by atoms with Gasteiger partial charge in [0.1, 0.15) is 0 Å². The lowest BCUT2D eigenvalue weighted by Crippen LogP contribution is -2.48. The molecule has 0 saturated heterocycles. The number of aliphatic hydroxyl groups is 2. The Balaban J connectivity index is 4.24. The Hall–Kier alpha value is -1.14. The predicted molar refractivity (Wildman–Crippen MR) is 49.7 cm³/mol. The molecule has 6 nitrogen and oxygen atoms in total. The molecular formula is C9H16O6. The summed E-state index contributed by atoms with van der Waals surface area (Å²) in [4.78, 5) is 22.0. The first kappa shape index (κ1) is 13.9. The van der Waals surface area contributed by atoms with Gasteiger partial charge in [-0.1, -0.05) is 13.8 Å². The van der Waals surface area contributed by atoms with Gasteiger partial charge in [0.15, 0.2) is 0 Å². The van der Waals surface area contributed by atoms with Crippen LogP contribution >= 0.6 is 0 Å². The highest BCUT2D eigenvalue weighted by atomic mass is 16.6. The fraction of sp³-hybridized carbons (Fsp3) is 0.778. The molecule has 6 heteroatoms. The van der Waals surface area contributed by atoms with Crippen molar-refractivity contribution in [2.45, 2.75) is 32.5 Å². The molecule has 0 amide bonds. The summed E-state index contributed by atoms with van der Waals surface area (Å²) in [5.41, 5.74) is 0. The minimum absolute atomic E-state index is 0.0166. The smallest absolute Gasteiger partial charge is 0.379 e. The van der Waals surface area contributed by atoms with Gasteiger partial charge in [-0.3, -0.25) is 0 Å². The summed E-state index contributed by atoms with van der Waals surface area (Å²) < 4.78 is 8.83. The van der Waals surface area contributed by atoms with Gasteiger partial charge in [-0.05, 0) is 12.8 Å². The molecule has 88 valence electrons. The molecule has 0 heterocycles. The van der Waals surface area contributed by atoms with Crippen LogP contribution in [-0.2, 0) is 19.1 Å². The number of carbonyl (C=O) groups excluding carboxylic acids is 2. The molecule has 2 N–H and O–H groups in total. The van der Waals surface area contributed by atoms with Crippen LogP contribution in [0.15, 0.2) is 0 Å². The Labute approximate surface area is 87.8 Å². The van der Waals surface area contributed by atoms with Crippen molar-refractivity contribution in [1.29, 1.82) is 0 Å². The second-order valence-electron chi connectivity index (χ2n) is 2.94. The Morgan fingerprint density at radius 1 is 1.00 bits per heavy atom. The van der Waals surface area contributed by atoms with E-state index >= 15 is 0 Å². The molecule has 0 spiro atoms. The molecule has 0 aliphatic rings. The van der Waals surface area contributed by atoms with Gasteiger partial charge >= 0.3 is 17.7 Å². The normalized spacial score (nSPS) is 10.9. The molecule has 0 fully saturated rings. The Bertz CT molecular complexity index is 201. The summed E-state index contributed by atoms with van der Waals surface area (Å²) in [6, 6.07) is 0. The van der Waals surface area contributed by atoms with Crippen LogP contribution in [0.1, 0.15) is 26.7 Å². The maximum atomic E-state index is 11.0. The number of hydrogen-bond acceptors (Lipinski definition) is 6. The highest BCUT2D eigenvalue weighted by Gasteiger charge is 2.45. The number of ether oxygens (including phenoxy) is 2. The fourth-order valence-corrected chi connectivity index (χ4v) is 0.674. The second kappa shape index (κ2) is 6.36. The van der Waals surface area contributed by atoms with E-state index in [-0.39, 0.29) is 13.2 Å². The van der Waals surface area contributed by atoms with Crippen LogP contribution in [0.5, 0.6) is 0 Å². The second-order valence-corrected chi connectivity index (χ2v) is 2.94. The Morgan fingerprint density at radius 2 is 1.33 bits per heavy atom. The van der Waals surface area contributed by atoms with E-state index in [0.717, 1.165) is 0 Å². The molecule has 0 radical (unpaired) electrons. The van der Waals surface area contributed by atoms with Crippen molar-refractivity contribution < 1.29 is 29.3 Å². The van der Waals surface area contributed by atoms with Crippen molar-refractivity contribution >= 4 is 11.9 Å². The SMILES string of the molecule is CCCOC(=O)C(O)(O)C(=O)OCCC. The largest absolute Gasteiger partial charge is 0.461 e. The van der Waals surface area contributed by atoms with Gasteiger partial charge in [-0.15, -0.1) is 0 Å². The molecule has 0 aromatic heterocycles. The van der Waals surface area contributed by atoms with Gasteiger partial charge in [0, 0.05) is 0 Å². The lowest BCUT2D eigenvalue weighted by atomic mass is 10.3. The first-order chi connectivity index (χ1) is 6.96. The summed E-state index contributed by atoms with van der Waals surface area (Å²) in [5.74, 6) is -6.03. The van der Waals surface area contributed by atoms with E-state index in [0.29, 0.717) is 12.8 Å². The minimum atomic E-state index is -3.20. The van der Waals surface area contributed by atoms with Crippen molar-refractivity contribution in [3.05, 3.63) is 0 Å². The summed E-state index contributed by atoms with van der Waals surface area (Å²) in [6.07, 6.45) is 1.04. The number of rotatable bonds is 6. The third-order valence-electron chi connectivity index (χ3n) is 1.44. The molecule has 0 unspecified atom stereocenters. The summed E-state index contributed by atoms with van der Waals surface area (Å²) in [5, 5.41) is 18.2. The monoisotopic (exact) mass is 220 g/mol. The van der Waals surface area contributed by atoms with Crippen molar-refractivity contribution in [2.75, 3.05) is 13.2 Å². The number of carbonyl (C=O) groups is 2. The van der Waals surface area contributed by atoms with E-state index in [1.807, 2.05) is 0 Å². The van der Waals surface area contributed by atoms with Crippen LogP contribution in [0.25, 0.3) is 0 Å². The van der Waals surface area contributed by atoms with Crippen LogP contribution in [0.3, 0.4) is 0 Å². The molecule has 0 aromatic rings. The topological polar surface area (TPSA) is 93.1 Å². The highest BCUT2D eigenvalue weighted by Crippen LogP contribution is 2.06. The summed E-state index contributed by atoms with van der Waals surface area (Å²) in [6.45, 7) is 3.50. The molecule has 0 saturated carbocycles. The van der Waals surface area contributed by atoms with Gasteiger partial charge in [0.2, 0.25) is 0 Å². The highest BCUT2D eigenvalue weighted by molar-refractivity contribution is 6.00. The molecule has 0 aromatic carbocycles. The molecule has 0 aliphatic carbocycles. The van der Waals surface area contributed by atoms with E-state index < -0.39 is 17.7 Å². The standard InChI is InChI=1S/C9H16O6/c1-3-5-14-7(10)9(12,13)8(11)15-6-4-2/h12-13H,3-6H2,1-2H3. The van der Waals surface area contributed by atoms with Gasteiger partial charge in [-0.2, -0.15) is 0 Å². The van der Waals surface area contributed by atoms with E-state index in [1.165, 1.54) is 0 Å². The van der Waals surface area contributed by atoms with Crippen molar-refractivity contribution in [3.8, 4) is 0 Å². The first-order valence-electron chi connectivity index (χ1n) is 4.76. The first-order valence-corrected chi connectivity index (χ1v) is 4.76. The Morgan fingerprint density at radius 3 is 1.60 bits per heavy atom. The van der Waals surface area contributed by atoms with E-state index in [9.17, 15) is 9.59 Å². The van der Waals surface area contributed by atoms with E-state index in [4.69, 9.17) is 10.2 Å². The molecule has 0 rings (SSSR count). The third kappa shape index (κ3) is 4.26. The zero-order chi connectivity index (χ0) is 11.9. The van der Waals surface area contributed by atoms with Crippen LogP contribution in [-0.4, -0.2) is 41.2 Å². The van der Waals surface area contributed by atoms with E-state index in [1.54, 1.807) is 13.8 Å². The van der Waals surface area contributed by atoms with Crippen molar-refractivity contribution in [1.82, 2.24) is 0 Å². The molecule has 15 heavy (non-hydrogen) atoms. The molecule has 0 atom stereocenters. The Kier molecular flexibility index (Phi) is 5.88. The summed E-state index contributed by atoms with van der Waals surface area (Å²) in [7, 11) is 0. The minimum Gasteiger partial charge on any atom is -0.461 e. The lowest BCUT2D eigenvalue weighted by Gasteiger charge is -2.17. The molecular weight excluding hydrogens is 204 g/mol. The lowest BCUT2D eigenvalue weighted by molar-refractivity contribution is -0.224.